The lowest BCUT2D eigenvalue weighted by Crippen LogP contribution is -2.31. The van der Waals surface area contributed by atoms with E-state index in [4.69, 9.17) is 16.3 Å². The largest absolute Gasteiger partial charge is 0.492 e. The van der Waals surface area contributed by atoms with Gasteiger partial charge in [0.15, 0.2) is 0 Å². The highest BCUT2D eigenvalue weighted by atomic mass is 35.5. The number of nitrogens with one attached hydrogen (secondary N) is 1. The Bertz CT molecular complexity index is 906. The molecule has 0 radical (unpaired) electrons. The summed E-state index contributed by atoms with van der Waals surface area (Å²) in [6, 6.07) is 12.8. The Morgan fingerprint density at radius 2 is 2.00 bits per heavy atom. The molecular formula is C20H23ClN4O2. The monoisotopic (exact) mass is 386 g/mol. The van der Waals surface area contributed by atoms with E-state index in [1.165, 1.54) is 0 Å². The second-order valence-electron chi connectivity index (χ2n) is 6.53. The van der Waals surface area contributed by atoms with E-state index in [1.54, 1.807) is 18.2 Å². The Balaban J connectivity index is 1.58. The third-order valence-electron chi connectivity index (χ3n) is 4.06. The third kappa shape index (κ3) is 5.45. The molecule has 6 nitrogen and oxygen atoms in total. The minimum absolute atomic E-state index is 0.0717. The number of amides is 1. The zero-order valence-electron chi connectivity index (χ0n) is 15.5. The van der Waals surface area contributed by atoms with Crippen molar-refractivity contribution >= 4 is 28.4 Å². The first kappa shape index (κ1) is 19.2. The first-order valence-electron chi connectivity index (χ1n) is 8.80. The number of carbonyl (C=O) groups excluding carboxylic acids is 1. The van der Waals surface area contributed by atoms with Crippen molar-refractivity contribution in [1.29, 1.82) is 0 Å². The number of fused-ring (bicyclic) bond motifs is 1. The van der Waals surface area contributed by atoms with E-state index in [9.17, 15) is 4.79 Å². The Morgan fingerprint density at radius 1 is 1.22 bits per heavy atom. The van der Waals surface area contributed by atoms with Crippen LogP contribution in [-0.4, -0.2) is 54.4 Å². The van der Waals surface area contributed by atoms with E-state index < -0.39 is 0 Å². The summed E-state index contributed by atoms with van der Waals surface area (Å²) in [5.41, 5.74) is 1.49. The van der Waals surface area contributed by atoms with Gasteiger partial charge in [-0.2, -0.15) is 5.10 Å². The van der Waals surface area contributed by atoms with E-state index in [1.807, 2.05) is 54.1 Å². The lowest BCUT2D eigenvalue weighted by Gasteiger charge is -2.10. The van der Waals surface area contributed by atoms with Crippen LogP contribution in [0.4, 0.5) is 0 Å². The van der Waals surface area contributed by atoms with Crippen LogP contribution in [0.1, 0.15) is 10.4 Å². The van der Waals surface area contributed by atoms with Gasteiger partial charge >= 0.3 is 0 Å². The molecule has 1 N–H and O–H groups in total. The van der Waals surface area contributed by atoms with Gasteiger partial charge in [-0.1, -0.05) is 11.6 Å². The van der Waals surface area contributed by atoms with Crippen LogP contribution in [0.5, 0.6) is 5.75 Å². The van der Waals surface area contributed by atoms with Crippen molar-refractivity contribution < 1.29 is 9.53 Å². The third-order valence-corrected chi connectivity index (χ3v) is 4.31. The number of benzene rings is 2. The first-order valence-corrected chi connectivity index (χ1v) is 9.17. The van der Waals surface area contributed by atoms with Crippen molar-refractivity contribution in [1.82, 2.24) is 20.0 Å². The number of hydrogen-bond acceptors (Lipinski definition) is 4. The number of hydrogen-bond donors (Lipinski definition) is 1. The minimum Gasteiger partial charge on any atom is -0.492 e. The fraction of sp³-hybridized carbons (Fsp3) is 0.300. The van der Waals surface area contributed by atoms with Gasteiger partial charge in [-0.3, -0.25) is 9.48 Å². The second kappa shape index (κ2) is 8.88. The lowest BCUT2D eigenvalue weighted by atomic mass is 10.1. The van der Waals surface area contributed by atoms with Crippen LogP contribution < -0.4 is 10.1 Å². The molecule has 0 fully saturated rings. The smallest absolute Gasteiger partial charge is 0.251 e. The average molecular weight is 387 g/mol. The van der Waals surface area contributed by atoms with Gasteiger partial charge in [-0.05, 0) is 56.6 Å². The molecule has 0 saturated heterocycles. The van der Waals surface area contributed by atoms with Crippen molar-refractivity contribution in [2.24, 2.45) is 0 Å². The Labute approximate surface area is 163 Å². The van der Waals surface area contributed by atoms with Gasteiger partial charge in [0, 0.05) is 35.3 Å². The van der Waals surface area contributed by atoms with Crippen LogP contribution in [0.2, 0.25) is 5.02 Å². The molecule has 0 bridgehead atoms. The summed E-state index contributed by atoms with van der Waals surface area (Å²) in [5.74, 6) is 0.699. The fourth-order valence-electron chi connectivity index (χ4n) is 2.62. The molecule has 0 unspecified atom stereocenters. The Hall–Kier alpha value is -2.57. The zero-order chi connectivity index (χ0) is 19.2. The molecule has 2 aromatic carbocycles. The number of likely N-dealkylation sites (N-methyl/N-ethyl adjacent to an activating group) is 1. The molecule has 7 heteroatoms. The van der Waals surface area contributed by atoms with Gasteiger partial charge in [0.25, 0.3) is 5.91 Å². The molecule has 142 valence electrons. The van der Waals surface area contributed by atoms with Gasteiger partial charge in [0.05, 0.1) is 12.1 Å². The molecule has 0 aliphatic heterocycles. The first-order chi connectivity index (χ1) is 13.0. The normalized spacial score (nSPS) is 11.1. The molecule has 0 aliphatic carbocycles. The Kier molecular flexibility index (Phi) is 6.32. The van der Waals surface area contributed by atoms with E-state index in [0.717, 1.165) is 23.2 Å². The topological polar surface area (TPSA) is 59.4 Å². The van der Waals surface area contributed by atoms with E-state index in [2.05, 4.69) is 10.4 Å². The molecule has 3 aromatic rings. The fourth-order valence-corrected chi connectivity index (χ4v) is 2.74. The van der Waals surface area contributed by atoms with Gasteiger partial charge in [-0.15, -0.1) is 0 Å². The average Bonchev–Trinajstić information content (AvgIpc) is 3.05. The summed E-state index contributed by atoms with van der Waals surface area (Å²) in [6.07, 6.45) is 1.93. The maximum absolute atomic E-state index is 12.2. The SMILES string of the molecule is CN(C)CCNC(=O)c1ccc2nn(CCOc3ccc(Cl)cc3)cc2c1. The minimum atomic E-state index is -0.0717. The molecule has 1 heterocycles. The predicted molar refractivity (Wildman–Crippen MR) is 108 cm³/mol. The molecule has 0 aliphatic rings. The maximum atomic E-state index is 12.2. The summed E-state index contributed by atoms with van der Waals surface area (Å²) in [4.78, 5) is 14.3. The van der Waals surface area contributed by atoms with E-state index in [0.29, 0.717) is 30.3 Å². The molecule has 0 saturated carbocycles. The van der Waals surface area contributed by atoms with Crippen molar-refractivity contribution in [2.75, 3.05) is 33.8 Å². The van der Waals surface area contributed by atoms with E-state index >= 15 is 0 Å². The molecular weight excluding hydrogens is 364 g/mol. The highest BCUT2D eigenvalue weighted by Crippen LogP contribution is 2.17. The number of rotatable bonds is 8. The molecule has 0 spiro atoms. The maximum Gasteiger partial charge on any atom is 0.251 e. The highest BCUT2D eigenvalue weighted by Gasteiger charge is 2.08. The molecule has 1 aromatic heterocycles. The lowest BCUT2D eigenvalue weighted by molar-refractivity contribution is 0.0951. The van der Waals surface area contributed by atoms with Gasteiger partial charge in [0.1, 0.15) is 12.4 Å². The van der Waals surface area contributed by atoms with Crippen molar-refractivity contribution in [3.05, 3.63) is 59.2 Å². The van der Waals surface area contributed by atoms with Gasteiger partial charge < -0.3 is 15.0 Å². The zero-order valence-corrected chi connectivity index (χ0v) is 16.2. The van der Waals surface area contributed by atoms with Crippen molar-refractivity contribution in [3.63, 3.8) is 0 Å². The molecule has 3 rings (SSSR count). The molecule has 27 heavy (non-hydrogen) atoms. The van der Waals surface area contributed by atoms with Crippen LogP contribution in [-0.2, 0) is 6.54 Å². The predicted octanol–water partition coefficient (Wildman–Crippen LogP) is 3.06. The van der Waals surface area contributed by atoms with Gasteiger partial charge in [0.2, 0.25) is 0 Å². The van der Waals surface area contributed by atoms with Crippen LogP contribution in [0, 0.1) is 0 Å². The second-order valence-corrected chi connectivity index (χ2v) is 6.96. The van der Waals surface area contributed by atoms with E-state index in [-0.39, 0.29) is 5.91 Å². The standard InChI is InChI=1S/C20H23ClN4O2/c1-24(2)10-9-22-20(26)15-3-8-19-16(13-15)14-25(23-19)11-12-27-18-6-4-17(21)5-7-18/h3-8,13-14H,9-12H2,1-2H3,(H,22,26). The number of halogens is 1. The number of carbonyl (C=O) groups is 1. The van der Waals surface area contributed by atoms with Crippen molar-refractivity contribution in [3.8, 4) is 5.75 Å². The van der Waals surface area contributed by atoms with Crippen molar-refractivity contribution in [2.45, 2.75) is 6.54 Å². The molecule has 1 amide bonds. The number of nitrogens with zero attached hydrogens (tertiary/aromatic N) is 3. The summed E-state index contributed by atoms with van der Waals surface area (Å²) in [6.45, 7) is 2.53. The molecule has 0 atom stereocenters. The summed E-state index contributed by atoms with van der Waals surface area (Å²) in [7, 11) is 3.95. The quantitative estimate of drug-likeness (QED) is 0.646. The van der Waals surface area contributed by atoms with Gasteiger partial charge in [-0.25, -0.2) is 0 Å². The summed E-state index contributed by atoms with van der Waals surface area (Å²) in [5, 5.41) is 9.06. The van der Waals surface area contributed by atoms with Crippen LogP contribution in [0.25, 0.3) is 10.9 Å². The summed E-state index contributed by atoms with van der Waals surface area (Å²) >= 11 is 5.86. The van der Waals surface area contributed by atoms with Crippen LogP contribution >= 0.6 is 11.6 Å². The highest BCUT2D eigenvalue weighted by molar-refractivity contribution is 6.30. The number of aromatic nitrogens is 2. The van der Waals surface area contributed by atoms with Crippen LogP contribution in [0.3, 0.4) is 0 Å². The number of ether oxygens (including phenoxy) is 1. The summed E-state index contributed by atoms with van der Waals surface area (Å²) < 4.78 is 7.53. The Morgan fingerprint density at radius 3 is 2.74 bits per heavy atom. The van der Waals surface area contributed by atoms with Crippen LogP contribution in [0.15, 0.2) is 48.7 Å².